The van der Waals surface area contributed by atoms with Gasteiger partial charge in [0.05, 0.1) is 22.3 Å². The molecule has 3 aromatic carbocycles. The number of anilines is 1. The predicted octanol–water partition coefficient (Wildman–Crippen LogP) is 6.26. The average Bonchev–Trinajstić information content (AvgIpc) is 3.22. The van der Waals surface area contributed by atoms with Crippen LogP contribution in [0.3, 0.4) is 0 Å². The van der Waals surface area contributed by atoms with Gasteiger partial charge < -0.3 is 10.3 Å². The number of carbonyl (C=O) groups is 1. The van der Waals surface area contributed by atoms with Crippen LogP contribution >= 0.6 is 0 Å². The molecule has 5 aromatic rings. The van der Waals surface area contributed by atoms with Gasteiger partial charge in [0, 0.05) is 22.8 Å². The highest BCUT2D eigenvalue weighted by Gasteiger charge is 2.29. The first-order chi connectivity index (χ1) is 16.4. The molecular weight excluding hydrogens is 441 g/mol. The lowest BCUT2D eigenvalue weighted by Gasteiger charge is -2.11. The minimum absolute atomic E-state index is 0.383. The number of nitrogens with zero attached hydrogens (tertiary/aromatic N) is 2. The van der Waals surface area contributed by atoms with Gasteiger partial charge >= 0.3 is 6.18 Å². The highest BCUT2D eigenvalue weighted by molar-refractivity contribution is 6.04. The lowest BCUT2D eigenvalue weighted by atomic mass is 10.1. The first kappa shape index (κ1) is 21.6. The molecule has 0 unspecified atom stereocenters. The molecule has 2 N–H and O–H groups in total. The zero-order valence-electron chi connectivity index (χ0n) is 17.9. The van der Waals surface area contributed by atoms with Crippen molar-refractivity contribution in [2.45, 2.75) is 12.6 Å². The number of H-pyrrole nitrogens is 1. The number of hydrogen-bond donors (Lipinski definition) is 2. The van der Waals surface area contributed by atoms with Crippen LogP contribution in [0, 0.1) is 0 Å². The van der Waals surface area contributed by atoms with Gasteiger partial charge in [0.15, 0.2) is 12.1 Å². The first-order valence-electron chi connectivity index (χ1n) is 10.7. The minimum atomic E-state index is -4.35. The first-order valence-corrected chi connectivity index (χ1v) is 10.7. The molecule has 0 amide bonds. The van der Waals surface area contributed by atoms with Crippen molar-refractivity contribution in [3.63, 3.8) is 0 Å². The Morgan fingerprint density at radius 3 is 2.32 bits per heavy atom. The van der Waals surface area contributed by atoms with Gasteiger partial charge in [0.2, 0.25) is 0 Å². The molecule has 2 heterocycles. The number of fused-ring (bicyclic) bond motifs is 2. The van der Waals surface area contributed by atoms with E-state index in [0.717, 1.165) is 40.3 Å². The summed E-state index contributed by atoms with van der Waals surface area (Å²) >= 11 is 0. The molecule has 0 aliphatic rings. The second kappa shape index (κ2) is 8.62. The Kier molecular flexibility index (Phi) is 5.49. The maximum absolute atomic E-state index is 12.8. The quantitative estimate of drug-likeness (QED) is 0.293. The van der Waals surface area contributed by atoms with Crippen LogP contribution in [0.1, 0.15) is 21.5 Å². The van der Waals surface area contributed by atoms with Crippen molar-refractivity contribution in [2.24, 2.45) is 0 Å². The van der Waals surface area contributed by atoms with E-state index < -0.39 is 11.7 Å². The summed E-state index contributed by atoms with van der Waals surface area (Å²) in [5, 5.41) is 4.89. The van der Waals surface area contributed by atoms with Gasteiger partial charge in [-0.3, -0.25) is 4.79 Å². The lowest BCUT2D eigenvalue weighted by molar-refractivity contribution is -0.137. The second-order valence-electron chi connectivity index (χ2n) is 7.86. The smallest absolute Gasteiger partial charge is 0.369 e. The molecule has 0 saturated carbocycles. The molecule has 0 atom stereocenters. The van der Waals surface area contributed by atoms with Gasteiger partial charge in [0.25, 0.3) is 0 Å². The molecule has 0 radical (unpaired) electrons. The number of nitrogens with one attached hydrogen (secondary N) is 2. The van der Waals surface area contributed by atoms with Crippen molar-refractivity contribution >= 4 is 33.9 Å². The molecule has 0 spiro atoms. The Morgan fingerprint density at radius 2 is 1.59 bits per heavy atom. The maximum atomic E-state index is 12.8. The van der Waals surface area contributed by atoms with E-state index in [1.165, 1.54) is 12.1 Å². The minimum Gasteiger partial charge on any atom is -0.369 e. The van der Waals surface area contributed by atoms with Crippen LogP contribution in [0.5, 0.6) is 0 Å². The van der Waals surface area contributed by atoms with E-state index in [-0.39, 0.29) is 0 Å². The summed E-state index contributed by atoms with van der Waals surface area (Å²) in [6.45, 7) is 0.457. The van der Waals surface area contributed by atoms with Crippen molar-refractivity contribution < 1.29 is 18.0 Å². The fourth-order valence-electron chi connectivity index (χ4n) is 3.97. The number of halogens is 3. The Bertz CT molecular complexity index is 1490. The summed E-state index contributed by atoms with van der Waals surface area (Å²) in [6.07, 6.45) is -3.04. The van der Waals surface area contributed by atoms with Gasteiger partial charge in [-0.05, 0) is 42.3 Å². The SMILES string of the molecule is O=Cc1c(-c2nc(NCCc3ccc(C(F)(F)F)cc3)c3ccccc3n2)[nH]c2ccccc12. The molecule has 5 rings (SSSR count). The van der Waals surface area contributed by atoms with Crippen LogP contribution in [-0.2, 0) is 12.6 Å². The molecule has 34 heavy (non-hydrogen) atoms. The fourth-order valence-corrected chi connectivity index (χ4v) is 3.97. The predicted molar refractivity (Wildman–Crippen MR) is 126 cm³/mol. The molecule has 2 aromatic heterocycles. The van der Waals surface area contributed by atoms with Crippen molar-refractivity contribution in [2.75, 3.05) is 11.9 Å². The van der Waals surface area contributed by atoms with Gasteiger partial charge in [0.1, 0.15) is 5.82 Å². The van der Waals surface area contributed by atoms with E-state index in [1.807, 2.05) is 48.5 Å². The Morgan fingerprint density at radius 1 is 0.882 bits per heavy atom. The summed E-state index contributed by atoms with van der Waals surface area (Å²) < 4.78 is 38.4. The van der Waals surface area contributed by atoms with Crippen LogP contribution < -0.4 is 5.32 Å². The van der Waals surface area contributed by atoms with Crippen LogP contribution in [0.2, 0.25) is 0 Å². The Balaban J connectivity index is 1.46. The highest BCUT2D eigenvalue weighted by Crippen LogP contribution is 2.31. The van der Waals surface area contributed by atoms with E-state index in [4.69, 9.17) is 4.98 Å². The number of aromatic amines is 1. The van der Waals surface area contributed by atoms with E-state index in [2.05, 4.69) is 15.3 Å². The topological polar surface area (TPSA) is 70.7 Å². The van der Waals surface area contributed by atoms with E-state index in [0.29, 0.717) is 41.4 Å². The Labute approximate surface area is 192 Å². The Hall–Kier alpha value is -4.20. The van der Waals surface area contributed by atoms with E-state index >= 15 is 0 Å². The molecule has 5 nitrogen and oxygen atoms in total. The largest absolute Gasteiger partial charge is 0.416 e. The number of aromatic nitrogens is 3. The average molecular weight is 460 g/mol. The standard InChI is InChI=1S/C26H19F3N4O/c27-26(28,29)17-11-9-16(10-12-17)13-14-30-24-19-6-2-4-8-22(19)32-25(33-24)23-20(15-34)18-5-1-3-7-21(18)31-23/h1-12,15,31H,13-14H2,(H,30,32,33). The number of carbonyl (C=O) groups excluding carboxylic acids is 1. The van der Waals surface area contributed by atoms with Crippen LogP contribution in [0.25, 0.3) is 33.3 Å². The van der Waals surface area contributed by atoms with Crippen molar-refractivity contribution in [1.29, 1.82) is 0 Å². The zero-order valence-corrected chi connectivity index (χ0v) is 17.9. The second-order valence-corrected chi connectivity index (χ2v) is 7.86. The summed E-state index contributed by atoms with van der Waals surface area (Å²) in [4.78, 5) is 24.5. The number of para-hydroxylation sites is 2. The molecule has 8 heteroatoms. The van der Waals surface area contributed by atoms with Gasteiger partial charge in [-0.15, -0.1) is 0 Å². The number of alkyl halides is 3. The van der Waals surface area contributed by atoms with Crippen molar-refractivity contribution in [1.82, 2.24) is 15.0 Å². The maximum Gasteiger partial charge on any atom is 0.416 e. The fraction of sp³-hybridized carbons (Fsp3) is 0.115. The van der Waals surface area contributed by atoms with Crippen LogP contribution in [-0.4, -0.2) is 27.8 Å². The van der Waals surface area contributed by atoms with Crippen LogP contribution in [0.15, 0.2) is 72.8 Å². The molecule has 0 aliphatic heterocycles. The molecule has 0 saturated heterocycles. The molecule has 0 fully saturated rings. The molecular formula is C26H19F3N4O. The molecule has 170 valence electrons. The highest BCUT2D eigenvalue weighted by atomic mass is 19.4. The number of benzene rings is 3. The molecule has 0 bridgehead atoms. The van der Waals surface area contributed by atoms with Crippen LogP contribution in [0.4, 0.5) is 19.0 Å². The van der Waals surface area contributed by atoms with Gasteiger partial charge in [-0.25, -0.2) is 9.97 Å². The third kappa shape index (κ3) is 4.10. The number of rotatable bonds is 6. The van der Waals surface area contributed by atoms with Crippen molar-refractivity contribution in [3.8, 4) is 11.5 Å². The number of aldehydes is 1. The third-order valence-electron chi connectivity index (χ3n) is 5.68. The third-order valence-corrected chi connectivity index (χ3v) is 5.68. The summed E-state index contributed by atoms with van der Waals surface area (Å²) in [5.74, 6) is 0.969. The van der Waals surface area contributed by atoms with E-state index in [9.17, 15) is 18.0 Å². The lowest BCUT2D eigenvalue weighted by Crippen LogP contribution is -2.09. The van der Waals surface area contributed by atoms with Crippen molar-refractivity contribution in [3.05, 3.63) is 89.5 Å². The molecule has 0 aliphatic carbocycles. The monoisotopic (exact) mass is 460 g/mol. The van der Waals surface area contributed by atoms with Gasteiger partial charge in [-0.2, -0.15) is 13.2 Å². The zero-order chi connectivity index (χ0) is 23.7. The van der Waals surface area contributed by atoms with E-state index in [1.54, 1.807) is 0 Å². The van der Waals surface area contributed by atoms with Gasteiger partial charge in [-0.1, -0.05) is 42.5 Å². The summed E-state index contributed by atoms with van der Waals surface area (Å²) in [7, 11) is 0. The summed E-state index contributed by atoms with van der Waals surface area (Å²) in [5.41, 5.74) is 2.65. The number of hydrogen-bond acceptors (Lipinski definition) is 4. The summed E-state index contributed by atoms with van der Waals surface area (Å²) in [6, 6.07) is 20.1. The normalized spacial score (nSPS) is 11.7.